The highest BCUT2D eigenvalue weighted by Crippen LogP contribution is 2.39. The fourth-order valence-electron chi connectivity index (χ4n) is 4.20. The molecule has 0 aliphatic carbocycles. The lowest BCUT2D eigenvalue weighted by Gasteiger charge is -2.18. The van der Waals surface area contributed by atoms with Gasteiger partial charge in [-0.25, -0.2) is 0 Å². The summed E-state index contributed by atoms with van der Waals surface area (Å²) in [5, 5.41) is 8.91. The summed E-state index contributed by atoms with van der Waals surface area (Å²) in [6, 6.07) is 9.24. The molecule has 46 heavy (non-hydrogen) atoms. The first-order valence-corrected chi connectivity index (χ1v) is 16.0. The highest BCUT2D eigenvalue weighted by molar-refractivity contribution is 5.73. The number of hydrogen-bond donors (Lipinski definition) is 2. The van der Waals surface area contributed by atoms with Crippen LogP contribution in [0.5, 0.6) is 23.0 Å². The molecule has 0 atom stereocenters. The van der Waals surface area contributed by atoms with Crippen LogP contribution in [0, 0.1) is 0 Å². The summed E-state index contributed by atoms with van der Waals surface area (Å²) in [6.07, 6.45) is 1.97. The van der Waals surface area contributed by atoms with Crippen molar-refractivity contribution in [3.8, 4) is 23.0 Å². The van der Waals surface area contributed by atoms with Crippen molar-refractivity contribution in [1.82, 2.24) is 0 Å². The molecule has 2 aromatic rings. The number of fused-ring (bicyclic) bond motifs is 2. The summed E-state index contributed by atoms with van der Waals surface area (Å²) in [7, 11) is 0. The third kappa shape index (κ3) is 13.5. The first-order chi connectivity index (χ1) is 22.8. The van der Waals surface area contributed by atoms with Crippen molar-refractivity contribution in [2.75, 3.05) is 123 Å². The molecule has 14 heteroatoms. The lowest BCUT2D eigenvalue weighted by atomic mass is 10.2. The molecule has 2 N–H and O–H groups in total. The normalized spacial score (nSPS) is 18.4. The molecule has 256 valence electrons. The zero-order chi connectivity index (χ0) is 31.9. The van der Waals surface area contributed by atoms with E-state index in [4.69, 9.17) is 47.4 Å². The molecule has 0 aromatic heterocycles. The number of nitrogens with one attached hydrogen (secondary N) is 2. The van der Waals surface area contributed by atoms with Crippen molar-refractivity contribution in [2.45, 2.75) is 19.8 Å². The molecule has 4 rings (SSSR count). The number of hydrogen-bond acceptors (Lipinski definition) is 14. The number of rotatable bonds is 7. The minimum absolute atomic E-state index is 0.334. The zero-order valence-electron chi connectivity index (χ0n) is 26.8. The van der Waals surface area contributed by atoms with E-state index in [0.717, 1.165) is 18.5 Å². The SMILES string of the molecule is CCCCN=Nc1cc2c(cc1NNc1ccc3c(c1)OCCOCCOCCOCCO3)OCCOCCOCCOCCO2. The van der Waals surface area contributed by atoms with Crippen molar-refractivity contribution in [1.29, 1.82) is 0 Å². The van der Waals surface area contributed by atoms with Crippen LogP contribution < -0.4 is 29.8 Å². The Balaban J connectivity index is 1.50. The monoisotopic (exact) mass is 648 g/mol. The average Bonchev–Trinajstić information content (AvgIpc) is 3.08. The molecule has 0 saturated carbocycles. The molecular formula is C32H48N4O10. The third-order valence-corrected chi connectivity index (χ3v) is 6.57. The van der Waals surface area contributed by atoms with Gasteiger partial charge in [0.2, 0.25) is 0 Å². The van der Waals surface area contributed by atoms with Gasteiger partial charge in [-0.15, -0.1) is 0 Å². The largest absolute Gasteiger partial charge is 0.487 e. The maximum Gasteiger partial charge on any atom is 0.163 e. The van der Waals surface area contributed by atoms with E-state index in [1.165, 1.54) is 0 Å². The van der Waals surface area contributed by atoms with E-state index in [1.54, 1.807) is 0 Å². The summed E-state index contributed by atoms with van der Waals surface area (Å²) in [6.45, 7) is 9.80. The Morgan fingerprint density at radius 1 is 0.522 bits per heavy atom. The summed E-state index contributed by atoms with van der Waals surface area (Å²) in [4.78, 5) is 0. The molecule has 0 unspecified atom stereocenters. The van der Waals surface area contributed by atoms with Crippen molar-refractivity contribution in [3.63, 3.8) is 0 Å². The molecule has 2 heterocycles. The summed E-state index contributed by atoms with van der Waals surface area (Å²) in [5.74, 6) is 2.26. The van der Waals surface area contributed by atoms with Crippen molar-refractivity contribution < 1.29 is 47.4 Å². The van der Waals surface area contributed by atoms with Crippen molar-refractivity contribution in [2.24, 2.45) is 10.2 Å². The topological polar surface area (TPSA) is 141 Å². The van der Waals surface area contributed by atoms with Gasteiger partial charge in [-0.1, -0.05) is 13.3 Å². The number of hydrazine groups is 1. The summed E-state index contributed by atoms with van der Waals surface area (Å²) in [5.41, 5.74) is 8.48. The van der Waals surface area contributed by atoms with Gasteiger partial charge in [-0.2, -0.15) is 10.2 Å². The number of azo groups is 1. The van der Waals surface area contributed by atoms with Gasteiger partial charge in [0.1, 0.15) is 32.1 Å². The smallest absolute Gasteiger partial charge is 0.163 e. The Bertz CT molecular complexity index is 1160. The lowest BCUT2D eigenvalue weighted by molar-refractivity contribution is 0.00708. The fraction of sp³-hybridized carbons (Fsp3) is 0.625. The van der Waals surface area contributed by atoms with Crippen molar-refractivity contribution in [3.05, 3.63) is 30.3 Å². The van der Waals surface area contributed by atoms with Crippen LogP contribution in [-0.4, -0.2) is 112 Å². The Morgan fingerprint density at radius 3 is 1.50 bits per heavy atom. The minimum Gasteiger partial charge on any atom is -0.487 e. The molecule has 0 amide bonds. The summed E-state index contributed by atoms with van der Waals surface area (Å²) < 4.78 is 57.5. The van der Waals surface area contributed by atoms with Crippen LogP contribution in [0.1, 0.15) is 19.8 Å². The second-order valence-corrected chi connectivity index (χ2v) is 10.1. The zero-order valence-corrected chi connectivity index (χ0v) is 26.8. The first kappa shape index (κ1) is 35.5. The van der Waals surface area contributed by atoms with Crippen LogP contribution in [0.15, 0.2) is 40.6 Å². The summed E-state index contributed by atoms with van der Waals surface area (Å²) >= 11 is 0. The van der Waals surface area contributed by atoms with E-state index in [0.29, 0.717) is 147 Å². The molecule has 0 radical (unpaired) electrons. The first-order valence-electron chi connectivity index (χ1n) is 16.0. The van der Waals surface area contributed by atoms with E-state index < -0.39 is 0 Å². The van der Waals surface area contributed by atoms with Gasteiger partial charge in [0.05, 0.1) is 97.2 Å². The Labute approximate surface area is 270 Å². The molecule has 2 aliphatic rings. The molecule has 0 bridgehead atoms. The van der Waals surface area contributed by atoms with E-state index in [-0.39, 0.29) is 0 Å². The van der Waals surface area contributed by atoms with Crippen LogP contribution in [-0.2, 0) is 28.4 Å². The minimum atomic E-state index is 0.334. The molecule has 0 fully saturated rings. The van der Waals surface area contributed by atoms with Gasteiger partial charge < -0.3 is 52.8 Å². The van der Waals surface area contributed by atoms with Crippen LogP contribution in [0.4, 0.5) is 17.1 Å². The molecule has 2 aromatic carbocycles. The number of benzene rings is 2. The average molecular weight is 649 g/mol. The number of nitrogens with zero attached hydrogens (tertiary/aromatic N) is 2. The predicted octanol–water partition coefficient (Wildman–Crippen LogP) is 4.65. The maximum atomic E-state index is 6.08. The highest BCUT2D eigenvalue weighted by Gasteiger charge is 2.15. The maximum absolute atomic E-state index is 6.08. The van der Waals surface area contributed by atoms with Gasteiger partial charge in [-0.3, -0.25) is 5.43 Å². The molecule has 14 nitrogen and oxygen atoms in total. The molecule has 0 spiro atoms. The van der Waals surface area contributed by atoms with Gasteiger partial charge >= 0.3 is 0 Å². The van der Waals surface area contributed by atoms with E-state index >= 15 is 0 Å². The van der Waals surface area contributed by atoms with Gasteiger partial charge in [-0.05, 0) is 18.6 Å². The van der Waals surface area contributed by atoms with Gasteiger partial charge in [0.25, 0.3) is 0 Å². The Hall–Kier alpha value is -3.40. The van der Waals surface area contributed by atoms with Crippen LogP contribution >= 0.6 is 0 Å². The van der Waals surface area contributed by atoms with Gasteiger partial charge in [0.15, 0.2) is 23.0 Å². The second-order valence-electron chi connectivity index (χ2n) is 10.1. The van der Waals surface area contributed by atoms with Crippen LogP contribution in [0.3, 0.4) is 0 Å². The second kappa shape index (κ2) is 22.2. The third-order valence-electron chi connectivity index (χ3n) is 6.57. The Morgan fingerprint density at radius 2 is 0.978 bits per heavy atom. The molecule has 2 aliphatic heterocycles. The van der Waals surface area contributed by atoms with Crippen LogP contribution in [0.2, 0.25) is 0 Å². The highest BCUT2D eigenvalue weighted by atomic mass is 16.6. The van der Waals surface area contributed by atoms with Gasteiger partial charge in [0, 0.05) is 18.2 Å². The quantitative estimate of drug-likeness (QED) is 0.245. The van der Waals surface area contributed by atoms with Crippen molar-refractivity contribution >= 4 is 17.1 Å². The standard InChI is InChI=1S/C32H48N4O10/c1-2-3-6-33-35-27-24-31-32(46-22-18-42-14-10-38-9-13-41-17-21-45-31)25-28(27)36-34-26-4-5-29-30(23-26)44-20-16-40-12-8-37-7-11-39-15-19-43-29/h4-5,23-25,34,36H,2-3,6-22H2,1H3. The van der Waals surface area contributed by atoms with E-state index in [2.05, 4.69) is 28.0 Å². The number of unbranched alkanes of at least 4 members (excludes halogenated alkanes) is 1. The fourth-order valence-corrected chi connectivity index (χ4v) is 4.20. The van der Waals surface area contributed by atoms with Crippen LogP contribution in [0.25, 0.3) is 0 Å². The predicted molar refractivity (Wildman–Crippen MR) is 171 cm³/mol. The molecule has 0 saturated heterocycles. The van der Waals surface area contributed by atoms with E-state index in [9.17, 15) is 0 Å². The Kier molecular flexibility index (Phi) is 17.1. The number of anilines is 2. The lowest BCUT2D eigenvalue weighted by Crippen LogP contribution is -2.13. The van der Waals surface area contributed by atoms with E-state index in [1.807, 2.05) is 30.3 Å². The molecular weight excluding hydrogens is 600 g/mol. The number of ether oxygens (including phenoxy) is 10.